The Morgan fingerprint density at radius 2 is 1.67 bits per heavy atom. The number of ether oxygens (including phenoxy) is 3. The minimum absolute atomic E-state index is 0.0777. The van der Waals surface area contributed by atoms with E-state index in [2.05, 4.69) is 5.32 Å². The maximum atomic E-state index is 14.9. The summed E-state index contributed by atoms with van der Waals surface area (Å²) in [6.07, 6.45) is -0.492. The van der Waals surface area contributed by atoms with Crippen molar-refractivity contribution in [1.29, 1.82) is 0 Å². The van der Waals surface area contributed by atoms with Crippen molar-refractivity contribution in [3.05, 3.63) is 58.9 Å². The molecule has 9 nitrogen and oxygen atoms in total. The van der Waals surface area contributed by atoms with Crippen molar-refractivity contribution in [2.45, 2.75) is 45.4 Å². The van der Waals surface area contributed by atoms with Crippen LogP contribution < -0.4 is 20.5 Å². The Bertz CT molecular complexity index is 1130. The van der Waals surface area contributed by atoms with E-state index < -0.39 is 41.3 Å². The predicted molar refractivity (Wildman–Crippen MR) is 131 cm³/mol. The Morgan fingerprint density at radius 1 is 1.06 bits per heavy atom. The quantitative estimate of drug-likeness (QED) is 0.559. The number of nitrogens with one attached hydrogen (secondary N) is 1. The Labute approximate surface area is 209 Å². The minimum Gasteiger partial charge on any atom is -0.494 e. The summed E-state index contributed by atoms with van der Waals surface area (Å²) in [7, 11) is 1.31. The van der Waals surface area contributed by atoms with Gasteiger partial charge in [0.1, 0.15) is 16.9 Å². The number of halogens is 1. The number of carbonyl (C=O) groups excluding carboxylic acids is 3. The number of rotatable bonds is 7. The normalized spacial score (nSPS) is 17.5. The first kappa shape index (κ1) is 26.9. The fourth-order valence-corrected chi connectivity index (χ4v) is 3.81. The van der Waals surface area contributed by atoms with E-state index in [-0.39, 0.29) is 47.9 Å². The lowest BCUT2D eigenvalue weighted by molar-refractivity contribution is 0.0288. The van der Waals surface area contributed by atoms with Crippen molar-refractivity contribution < 1.29 is 33.0 Å². The van der Waals surface area contributed by atoms with Crippen LogP contribution >= 0.6 is 0 Å². The fraction of sp³-hybridized carbons (Fsp3) is 0.423. The molecule has 36 heavy (non-hydrogen) atoms. The largest absolute Gasteiger partial charge is 0.494 e. The van der Waals surface area contributed by atoms with Gasteiger partial charge >= 0.3 is 6.09 Å². The SMILES string of the molecule is CCOc1ccc(OC)c(F)c1C(=O)c1ccc(C(=O)N[C@@H]2CN(C(=O)OC(C)(C)C)C[C@H]2N)cc1. The number of hydrogen-bond acceptors (Lipinski definition) is 7. The molecule has 2 aromatic carbocycles. The molecule has 0 radical (unpaired) electrons. The Balaban J connectivity index is 1.71. The average Bonchev–Trinajstić information content (AvgIpc) is 3.18. The van der Waals surface area contributed by atoms with Gasteiger partial charge in [0, 0.05) is 30.3 Å². The number of amides is 2. The molecule has 194 valence electrons. The van der Waals surface area contributed by atoms with E-state index >= 15 is 0 Å². The van der Waals surface area contributed by atoms with E-state index in [9.17, 15) is 18.8 Å². The molecule has 0 aliphatic carbocycles. The third kappa shape index (κ3) is 6.12. The molecule has 10 heteroatoms. The first-order valence-electron chi connectivity index (χ1n) is 11.6. The second kappa shape index (κ2) is 10.9. The molecule has 1 heterocycles. The highest BCUT2D eigenvalue weighted by molar-refractivity contribution is 6.11. The van der Waals surface area contributed by atoms with Gasteiger partial charge in [-0.05, 0) is 52.0 Å². The molecule has 2 amide bonds. The standard InChI is InChI=1S/C26H32FN3O6/c1-6-35-19-11-12-20(34-5)22(27)21(19)23(31)15-7-9-16(10-8-15)24(32)29-18-14-30(13-17(18)28)25(33)36-26(2,3)4/h7-12,17-18H,6,13-14,28H2,1-5H3,(H,29,32)/t17-,18-/m1/s1. The Morgan fingerprint density at radius 3 is 2.25 bits per heavy atom. The lowest BCUT2D eigenvalue weighted by atomic mass is 10.00. The van der Waals surface area contributed by atoms with Crippen LogP contribution in [-0.2, 0) is 4.74 Å². The van der Waals surface area contributed by atoms with Crippen LogP contribution in [0.2, 0.25) is 0 Å². The minimum atomic E-state index is -0.819. The first-order valence-corrected chi connectivity index (χ1v) is 11.6. The first-order chi connectivity index (χ1) is 16.9. The number of benzene rings is 2. The van der Waals surface area contributed by atoms with Gasteiger partial charge in [0.15, 0.2) is 17.3 Å². The van der Waals surface area contributed by atoms with Gasteiger partial charge in [0.25, 0.3) is 5.91 Å². The number of ketones is 1. The monoisotopic (exact) mass is 501 g/mol. The summed E-state index contributed by atoms with van der Waals surface area (Å²) in [4.78, 5) is 39.7. The highest BCUT2D eigenvalue weighted by atomic mass is 19.1. The maximum absolute atomic E-state index is 14.9. The van der Waals surface area contributed by atoms with Gasteiger partial charge in [-0.1, -0.05) is 12.1 Å². The van der Waals surface area contributed by atoms with Crippen molar-refractivity contribution in [2.75, 3.05) is 26.8 Å². The molecule has 0 bridgehead atoms. The van der Waals surface area contributed by atoms with E-state index in [1.165, 1.54) is 48.4 Å². The topological polar surface area (TPSA) is 120 Å². The van der Waals surface area contributed by atoms with Gasteiger partial charge in [-0.3, -0.25) is 9.59 Å². The average molecular weight is 502 g/mol. The van der Waals surface area contributed by atoms with Gasteiger partial charge in [-0.25, -0.2) is 9.18 Å². The predicted octanol–water partition coefficient (Wildman–Crippen LogP) is 3.14. The molecule has 0 aromatic heterocycles. The number of likely N-dealkylation sites (tertiary alicyclic amines) is 1. The van der Waals surface area contributed by atoms with Crippen molar-refractivity contribution in [2.24, 2.45) is 5.73 Å². The molecule has 2 atom stereocenters. The molecule has 3 rings (SSSR count). The molecule has 0 spiro atoms. The second-order valence-electron chi connectivity index (χ2n) is 9.42. The molecule has 0 unspecified atom stereocenters. The van der Waals surface area contributed by atoms with Crippen LogP contribution in [0.1, 0.15) is 54.0 Å². The summed E-state index contributed by atoms with van der Waals surface area (Å²) in [5.41, 5.74) is 5.71. The van der Waals surface area contributed by atoms with Crippen molar-refractivity contribution in [3.63, 3.8) is 0 Å². The molecule has 1 aliphatic heterocycles. The number of hydrogen-bond donors (Lipinski definition) is 2. The van der Waals surface area contributed by atoms with Crippen molar-refractivity contribution >= 4 is 17.8 Å². The van der Waals surface area contributed by atoms with E-state index in [1.54, 1.807) is 27.7 Å². The van der Waals surface area contributed by atoms with Crippen molar-refractivity contribution in [1.82, 2.24) is 10.2 Å². The molecular weight excluding hydrogens is 469 g/mol. The summed E-state index contributed by atoms with van der Waals surface area (Å²) in [6, 6.07) is 7.75. The number of nitrogens with zero attached hydrogens (tertiary/aromatic N) is 1. The lowest BCUT2D eigenvalue weighted by Gasteiger charge is -2.24. The summed E-state index contributed by atoms with van der Waals surface area (Å²) in [5, 5.41) is 2.83. The van der Waals surface area contributed by atoms with Gasteiger partial charge in [-0.15, -0.1) is 0 Å². The van der Waals surface area contributed by atoms with E-state index in [0.29, 0.717) is 0 Å². The fourth-order valence-electron chi connectivity index (χ4n) is 3.81. The highest BCUT2D eigenvalue weighted by Crippen LogP contribution is 2.31. The van der Waals surface area contributed by atoms with E-state index in [1.807, 2.05) is 0 Å². The molecule has 2 aromatic rings. The lowest BCUT2D eigenvalue weighted by Crippen LogP contribution is -2.46. The van der Waals surface area contributed by atoms with Gasteiger partial charge in [0.05, 0.1) is 19.8 Å². The molecule has 0 saturated carbocycles. The zero-order valence-corrected chi connectivity index (χ0v) is 21.1. The smallest absolute Gasteiger partial charge is 0.410 e. The molecule has 1 saturated heterocycles. The highest BCUT2D eigenvalue weighted by Gasteiger charge is 2.36. The van der Waals surface area contributed by atoms with Crippen LogP contribution in [-0.4, -0.2) is 67.2 Å². The zero-order valence-electron chi connectivity index (χ0n) is 21.1. The number of methoxy groups -OCH3 is 1. The van der Waals surface area contributed by atoms with Crippen LogP contribution in [0.25, 0.3) is 0 Å². The van der Waals surface area contributed by atoms with Crippen LogP contribution in [0.3, 0.4) is 0 Å². The molecule has 1 aliphatic rings. The third-order valence-corrected chi connectivity index (χ3v) is 5.56. The Hall–Kier alpha value is -3.66. The molecular formula is C26H32FN3O6. The summed E-state index contributed by atoms with van der Waals surface area (Å²) in [6.45, 7) is 7.76. The van der Waals surface area contributed by atoms with E-state index in [0.717, 1.165) is 0 Å². The maximum Gasteiger partial charge on any atom is 0.410 e. The van der Waals surface area contributed by atoms with Crippen LogP contribution in [0, 0.1) is 5.82 Å². The summed E-state index contributed by atoms with van der Waals surface area (Å²) >= 11 is 0. The van der Waals surface area contributed by atoms with Gasteiger partial charge in [-0.2, -0.15) is 0 Å². The summed E-state index contributed by atoms with van der Waals surface area (Å²) in [5.74, 6) is -1.81. The van der Waals surface area contributed by atoms with Gasteiger partial charge < -0.3 is 30.2 Å². The van der Waals surface area contributed by atoms with Crippen molar-refractivity contribution in [3.8, 4) is 11.5 Å². The molecule has 1 fully saturated rings. The molecule has 3 N–H and O–H groups in total. The van der Waals surface area contributed by atoms with Crippen LogP contribution in [0.4, 0.5) is 9.18 Å². The zero-order chi connectivity index (χ0) is 26.6. The number of carbonyl (C=O) groups is 3. The summed E-state index contributed by atoms with van der Waals surface area (Å²) < 4.78 is 30.7. The van der Waals surface area contributed by atoms with Crippen LogP contribution in [0.5, 0.6) is 11.5 Å². The number of nitrogens with two attached hydrogens (primary N) is 1. The van der Waals surface area contributed by atoms with Gasteiger partial charge in [0.2, 0.25) is 0 Å². The third-order valence-electron chi connectivity index (χ3n) is 5.56. The Kier molecular flexibility index (Phi) is 8.19. The van der Waals surface area contributed by atoms with E-state index in [4.69, 9.17) is 19.9 Å². The second-order valence-corrected chi connectivity index (χ2v) is 9.42. The van der Waals surface area contributed by atoms with Crippen LogP contribution in [0.15, 0.2) is 36.4 Å².